The van der Waals surface area contributed by atoms with Crippen molar-refractivity contribution in [3.8, 4) is 22.4 Å². The van der Waals surface area contributed by atoms with Crippen molar-refractivity contribution >= 4 is 0 Å². The van der Waals surface area contributed by atoms with Gasteiger partial charge in [0.1, 0.15) is 7.05 Å². The highest BCUT2D eigenvalue weighted by molar-refractivity contribution is 5.85. The summed E-state index contributed by atoms with van der Waals surface area (Å²) >= 11 is 0. The minimum atomic E-state index is 0.0676. The van der Waals surface area contributed by atoms with Crippen LogP contribution in [0.3, 0.4) is 0 Å². The zero-order valence-corrected chi connectivity index (χ0v) is 15.1. The fourth-order valence-electron chi connectivity index (χ4n) is 4.38. The van der Waals surface area contributed by atoms with E-state index in [2.05, 4.69) is 94.0 Å². The molecule has 1 aliphatic carbocycles. The van der Waals surface area contributed by atoms with Crippen molar-refractivity contribution in [2.75, 3.05) is 0 Å². The Hall–Kier alpha value is -2.41. The number of nitrogens with zero attached hydrogens (tertiary/aromatic N) is 1. The monoisotopic (exact) mass is 314 g/mol. The SMILES string of the molecule is Cc1cc2c(cc1-c1cccc[n+]1C)-c1cccc(C)c1C2(C)C. The van der Waals surface area contributed by atoms with E-state index in [1.807, 2.05) is 0 Å². The molecule has 1 nitrogen and oxygen atoms in total. The smallest absolute Gasteiger partial charge is 0.201 e. The van der Waals surface area contributed by atoms with E-state index in [0.29, 0.717) is 0 Å². The molecule has 120 valence electrons. The van der Waals surface area contributed by atoms with Gasteiger partial charge < -0.3 is 0 Å². The molecule has 3 aromatic rings. The van der Waals surface area contributed by atoms with Gasteiger partial charge in [-0.15, -0.1) is 0 Å². The number of aromatic nitrogens is 1. The van der Waals surface area contributed by atoms with Gasteiger partial charge in [-0.25, -0.2) is 4.57 Å². The number of rotatable bonds is 1. The van der Waals surface area contributed by atoms with Gasteiger partial charge in [0.25, 0.3) is 0 Å². The van der Waals surface area contributed by atoms with Crippen LogP contribution in [0, 0.1) is 13.8 Å². The van der Waals surface area contributed by atoms with Crippen LogP contribution in [0.1, 0.15) is 36.1 Å². The molecule has 24 heavy (non-hydrogen) atoms. The first-order chi connectivity index (χ1) is 11.4. The molecule has 0 atom stereocenters. The second-order valence-corrected chi connectivity index (χ2v) is 7.53. The zero-order valence-electron chi connectivity index (χ0n) is 15.1. The van der Waals surface area contributed by atoms with Crippen molar-refractivity contribution in [1.82, 2.24) is 0 Å². The molecule has 0 spiro atoms. The van der Waals surface area contributed by atoms with E-state index < -0.39 is 0 Å². The number of aryl methyl sites for hydroxylation is 3. The van der Waals surface area contributed by atoms with Crippen LogP contribution in [0.25, 0.3) is 22.4 Å². The van der Waals surface area contributed by atoms with Crippen molar-refractivity contribution in [3.05, 3.63) is 77.0 Å². The Morgan fingerprint density at radius 1 is 0.792 bits per heavy atom. The molecule has 0 unspecified atom stereocenters. The molecule has 0 amide bonds. The number of pyridine rings is 1. The van der Waals surface area contributed by atoms with Crippen LogP contribution in [0.5, 0.6) is 0 Å². The van der Waals surface area contributed by atoms with Crippen LogP contribution >= 0.6 is 0 Å². The van der Waals surface area contributed by atoms with Gasteiger partial charge in [0.2, 0.25) is 5.69 Å². The van der Waals surface area contributed by atoms with Crippen LogP contribution < -0.4 is 4.57 Å². The number of benzene rings is 2. The van der Waals surface area contributed by atoms with Gasteiger partial charge in [-0.2, -0.15) is 0 Å². The summed E-state index contributed by atoms with van der Waals surface area (Å²) < 4.78 is 2.20. The lowest BCUT2D eigenvalue weighted by Crippen LogP contribution is -2.30. The predicted octanol–water partition coefficient (Wildman–Crippen LogP) is 5.10. The van der Waals surface area contributed by atoms with E-state index in [1.54, 1.807) is 0 Å². The summed E-state index contributed by atoms with van der Waals surface area (Å²) in [6.45, 7) is 9.17. The second-order valence-electron chi connectivity index (χ2n) is 7.53. The molecular weight excluding hydrogens is 290 g/mol. The molecule has 0 N–H and O–H groups in total. The summed E-state index contributed by atoms with van der Waals surface area (Å²) in [5, 5.41) is 0. The molecular formula is C23H24N+. The normalized spacial score (nSPS) is 14.4. The first-order valence-corrected chi connectivity index (χ1v) is 8.62. The zero-order chi connectivity index (χ0) is 17.1. The van der Waals surface area contributed by atoms with Gasteiger partial charge in [-0.05, 0) is 59.4 Å². The van der Waals surface area contributed by atoms with Crippen LogP contribution in [0.15, 0.2) is 54.7 Å². The fourth-order valence-corrected chi connectivity index (χ4v) is 4.38. The largest absolute Gasteiger partial charge is 0.212 e. The fraction of sp³-hybridized carbons (Fsp3) is 0.261. The molecule has 0 fully saturated rings. The summed E-state index contributed by atoms with van der Waals surface area (Å²) in [6.07, 6.45) is 2.12. The average Bonchev–Trinajstić information content (AvgIpc) is 2.76. The summed E-state index contributed by atoms with van der Waals surface area (Å²) in [4.78, 5) is 0. The van der Waals surface area contributed by atoms with E-state index >= 15 is 0 Å². The molecule has 0 radical (unpaired) electrons. The van der Waals surface area contributed by atoms with Gasteiger partial charge in [0, 0.05) is 23.1 Å². The Morgan fingerprint density at radius 3 is 2.33 bits per heavy atom. The Kier molecular flexibility index (Phi) is 3.18. The molecule has 1 heterocycles. The summed E-state index contributed by atoms with van der Waals surface area (Å²) in [5.74, 6) is 0. The van der Waals surface area contributed by atoms with Gasteiger partial charge in [0.05, 0.1) is 0 Å². The molecule has 1 aromatic heterocycles. The lowest BCUT2D eigenvalue weighted by molar-refractivity contribution is -0.660. The summed E-state index contributed by atoms with van der Waals surface area (Å²) in [5.41, 5.74) is 11.1. The summed E-state index contributed by atoms with van der Waals surface area (Å²) in [7, 11) is 2.12. The molecule has 0 saturated carbocycles. The first-order valence-electron chi connectivity index (χ1n) is 8.62. The van der Waals surface area contributed by atoms with Crippen molar-refractivity contribution in [2.24, 2.45) is 7.05 Å². The highest BCUT2D eigenvalue weighted by Crippen LogP contribution is 2.51. The molecule has 1 aliphatic rings. The number of fused-ring (bicyclic) bond motifs is 3. The second kappa shape index (κ2) is 5.04. The van der Waals surface area contributed by atoms with Gasteiger partial charge >= 0.3 is 0 Å². The van der Waals surface area contributed by atoms with Crippen molar-refractivity contribution in [1.29, 1.82) is 0 Å². The van der Waals surface area contributed by atoms with Crippen LogP contribution in [0.2, 0.25) is 0 Å². The first kappa shape index (κ1) is 15.1. The van der Waals surface area contributed by atoms with Gasteiger partial charge in [0.15, 0.2) is 6.20 Å². The van der Waals surface area contributed by atoms with E-state index in [1.165, 1.54) is 44.6 Å². The summed E-state index contributed by atoms with van der Waals surface area (Å²) in [6, 6.07) is 17.9. The van der Waals surface area contributed by atoms with Crippen LogP contribution in [-0.2, 0) is 12.5 Å². The van der Waals surface area contributed by atoms with E-state index in [9.17, 15) is 0 Å². The molecule has 0 aliphatic heterocycles. The highest BCUT2D eigenvalue weighted by Gasteiger charge is 2.37. The highest BCUT2D eigenvalue weighted by atomic mass is 14.9. The van der Waals surface area contributed by atoms with Crippen molar-refractivity contribution < 1.29 is 4.57 Å². The topological polar surface area (TPSA) is 3.88 Å². The molecule has 1 heteroatoms. The number of hydrogen-bond donors (Lipinski definition) is 0. The lowest BCUT2D eigenvalue weighted by atomic mass is 9.80. The molecule has 2 aromatic carbocycles. The van der Waals surface area contributed by atoms with Crippen molar-refractivity contribution in [2.45, 2.75) is 33.1 Å². The Bertz CT molecular complexity index is 964. The third-order valence-corrected chi connectivity index (χ3v) is 5.56. The third kappa shape index (κ3) is 1.97. The standard InChI is InChI=1S/C23H24N/c1-15-9-8-10-17-19-14-18(21-11-6-7-12-24(21)5)16(2)13-20(19)23(3,4)22(15)17/h6-14H,1-5H3/q+1. The lowest BCUT2D eigenvalue weighted by Gasteiger charge is -2.23. The third-order valence-electron chi connectivity index (χ3n) is 5.56. The average molecular weight is 314 g/mol. The molecule has 0 saturated heterocycles. The minimum absolute atomic E-state index is 0.0676. The Balaban J connectivity index is 2.04. The quantitative estimate of drug-likeness (QED) is 0.550. The number of hydrogen-bond acceptors (Lipinski definition) is 0. The maximum Gasteiger partial charge on any atom is 0.212 e. The van der Waals surface area contributed by atoms with E-state index in [0.717, 1.165) is 0 Å². The van der Waals surface area contributed by atoms with E-state index in [4.69, 9.17) is 0 Å². The van der Waals surface area contributed by atoms with Gasteiger partial charge in [-0.1, -0.05) is 38.1 Å². The maximum atomic E-state index is 2.40. The van der Waals surface area contributed by atoms with E-state index in [-0.39, 0.29) is 5.41 Å². The predicted molar refractivity (Wildman–Crippen MR) is 100 cm³/mol. The molecule has 0 bridgehead atoms. The Labute approximate surface area is 144 Å². The molecule has 4 rings (SSSR count). The van der Waals surface area contributed by atoms with Gasteiger partial charge in [-0.3, -0.25) is 0 Å². The Morgan fingerprint density at radius 2 is 1.58 bits per heavy atom. The minimum Gasteiger partial charge on any atom is -0.201 e. The maximum absolute atomic E-state index is 2.40. The van der Waals surface area contributed by atoms with Crippen LogP contribution in [0.4, 0.5) is 0 Å². The van der Waals surface area contributed by atoms with Crippen LogP contribution in [-0.4, -0.2) is 0 Å². The van der Waals surface area contributed by atoms with Crippen molar-refractivity contribution in [3.63, 3.8) is 0 Å².